The molecule has 3 rings (SSSR count). The van der Waals surface area contributed by atoms with Crippen LogP contribution >= 0.6 is 0 Å². The van der Waals surface area contributed by atoms with E-state index in [2.05, 4.69) is 10.4 Å². The summed E-state index contributed by atoms with van der Waals surface area (Å²) in [4.78, 5) is 28.6. The van der Waals surface area contributed by atoms with E-state index < -0.39 is 0 Å². The summed E-state index contributed by atoms with van der Waals surface area (Å²) in [6.45, 7) is 2.35. The van der Waals surface area contributed by atoms with Crippen molar-refractivity contribution in [1.29, 1.82) is 0 Å². The van der Waals surface area contributed by atoms with Crippen molar-refractivity contribution in [3.8, 4) is 17.0 Å². The molecule has 0 atom stereocenters. The second-order valence-corrected chi connectivity index (χ2v) is 5.60. The van der Waals surface area contributed by atoms with Gasteiger partial charge < -0.3 is 9.47 Å². The SMILES string of the molecule is COc1ccc(-c2cc(=O)n(CC(=O)NN3CCOCC3)cn2)cc1. The summed E-state index contributed by atoms with van der Waals surface area (Å²) in [6.07, 6.45) is 1.39. The zero-order chi connectivity index (χ0) is 17.6. The van der Waals surface area contributed by atoms with E-state index in [1.807, 2.05) is 12.1 Å². The maximum atomic E-state index is 12.2. The van der Waals surface area contributed by atoms with E-state index in [1.54, 1.807) is 24.3 Å². The van der Waals surface area contributed by atoms with Gasteiger partial charge in [0, 0.05) is 24.7 Å². The average Bonchev–Trinajstić information content (AvgIpc) is 2.64. The Hall–Kier alpha value is -2.71. The van der Waals surface area contributed by atoms with Gasteiger partial charge in [-0.15, -0.1) is 0 Å². The highest BCUT2D eigenvalue weighted by atomic mass is 16.5. The zero-order valence-corrected chi connectivity index (χ0v) is 14.0. The minimum absolute atomic E-state index is 0.0773. The second kappa shape index (κ2) is 7.91. The summed E-state index contributed by atoms with van der Waals surface area (Å²) in [5.74, 6) is 0.472. The van der Waals surface area contributed by atoms with Gasteiger partial charge in [0.25, 0.3) is 11.5 Å². The normalized spacial score (nSPS) is 14.9. The first-order chi connectivity index (χ1) is 12.2. The molecule has 0 spiro atoms. The van der Waals surface area contributed by atoms with E-state index in [9.17, 15) is 9.59 Å². The molecule has 0 unspecified atom stereocenters. The summed E-state index contributed by atoms with van der Waals surface area (Å²) < 4.78 is 11.6. The molecule has 1 amide bonds. The Bertz CT molecular complexity index is 782. The number of benzene rings is 1. The van der Waals surface area contributed by atoms with Crippen LogP contribution in [0.4, 0.5) is 0 Å². The standard InChI is InChI=1S/C17H20N4O4/c1-24-14-4-2-13(3-5-14)15-10-17(23)20(12-18-15)11-16(22)19-21-6-8-25-9-7-21/h2-5,10,12H,6-9,11H2,1H3,(H,19,22). The molecule has 1 aromatic carbocycles. The summed E-state index contributed by atoms with van der Waals surface area (Å²) in [6, 6.07) is 8.69. The van der Waals surface area contributed by atoms with Gasteiger partial charge in [0.05, 0.1) is 32.3 Å². The van der Waals surface area contributed by atoms with Crippen molar-refractivity contribution >= 4 is 5.91 Å². The molecular weight excluding hydrogens is 324 g/mol. The Balaban J connectivity index is 1.66. The molecule has 1 aromatic heterocycles. The number of rotatable bonds is 5. The first kappa shape index (κ1) is 17.1. The van der Waals surface area contributed by atoms with Crippen LogP contribution < -0.4 is 15.7 Å². The molecule has 1 fully saturated rings. The van der Waals surface area contributed by atoms with Crippen molar-refractivity contribution in [3.63, 3.8) is 0 Å². The first-order valence-corrected chi connectivity index (χ1v) is 7.99. The summed E-state index contributed by atoms with van der Waals surface area (Å²) in [7, 11) is 1.59. The predicted octanol–water partition coefficient (Wildman–Crippen LogP) is 0.282. The number of nitrogens with zero attached hydrogens (tertiary/aromatic N) is 3. The molecular formula is C17H20N4O4. The lowest BCUT2D eigenvalue weighted by Gasteiger charge is -2.26. The number of nitrogens with one attached hydrogen (secondary N) is 1. The van der Waals surface area contributed by atoms with Gasteiger partial charge in [0.15, 0.2) is 0 Å². The lowest BCUT2D eigenvalue weighted by molar-refractivity contribution is -0.128. The average molecular weight is 344 g/mol. The molecule has 1 aliphatic rings. The van der Waals surface area contributed by atoms with Gasteiger partial charge in [-0.1, -0.05) is 0 Å². The van der Waals surface area contributed by atoms with E-state index in [4.69, 9.17) is 9.47 Å². The lowest BCUT2D eigenvalue weighted by Crippen LogP contribution is -2.49. The van der Waals surface area contributed by atoms with Crippen LogP contribution in [-0.2, 0) is 16.1 Å². The Labute approximate surface area is 145 Å². The minimum Gasteiger partial charge on any atom is -0.497 e. The third kappa shape index (κ3) is 4.43. The van der Waals surface area contributed by atoms with Crippen molar-refractivity contribution in [1.82, 2.24) is 20.0 Å². The predicted molar refractivity (Wildman–Crippen MR) is 91.0 cm³/mol. The van der Waals surface area contributed by atoms with E-state index in [0.29, 0.717) is 32.0 Å². The maximum absolute atomic E-state index is 12.2. The van der Waals surface area contributed by atoms with Gasteiger partial charge in [0.1, 0.15) is 12.3 Å². The third-order valence-electron chi connectivity index (χ3n) is 3.87. The van der Waals surface area contributed by atoms with Crippen molar-refractivity contribution in [3.05, 3.63) is 47.0 Å². The van der Waals surface area contributed by atoms with Crippen LogP contribution in [0.2, 0.25) is 0 Å². The molecule has 0 aliphatic carbocycles. The fraction of sp³-hybridized carbons (Fsp3) is 0.353. The van der Waals surface area contributed by atoms with Crippen LogP contribution in [0.5, 0.6) is 5.75 Å². The Kier molecular flexibility index (Phi) is 5.42. The van der Waals surface area contributed by atoms with Crippen LogP contribution in [0.25, 0.3) is 11.3 Å². The Morgan fingerprint density at radius 3 is 2.64 bits per heavy atom. The topological polar surface area (TPSA) is 85.7 Å². The van der Waals surface area contributed by atoms with E-state index in [0.717, 1.165) is 11.3 Å². The summed E-state index contributed by atoms with van der Waals surface area (Å²) >= 11 is 0. The molecule has 132 valence electrons. The number of methoxy groups -OCH3 is 1. The molecule has 1 N–H and O–H groups in total. The molecule has 2 heterocycles. The van der Waals surface area contributed by atoms with Gasteiger partial charge >= 0.3 is 0 Å². The molecule has 1 saturated heterocycles. The van der Waals surface area contributed by atoms with Gasteiger partial charge in [0.2, 0.25) is 0 Å². The molecule has 1 aliphatic heterocycles. The van der Waals surface area contributed by atoms with Crippen LogP contribution in [0.15, 0.2) is 41.5 Å². The Morgan fingerprint density at radius 1 is 1.28 bits per heavy atom. The number of carbonyl (C=O) groups excluding carboxylic acids is 1. The highest BCUT2D eigenvalue weighted by molar-refractivity contribution is 5.75. The van der Waals surface area contributed by atoms with Gasteiger partial charge in [-0.3, -0.25) is 19.6 Å². The molecule has 2 aromatic rings. The van der Waals surface area contributed by atoms with E-state index in [-0.39, 0.29) is 18.0 Å². The number of aromatic nitrogens is 2. The molecule has 8 heteroatoms. The first-order valence-electron chi connectivity index (χ1n) is 7.99. The van der Waals surface area contributed by atoms with Gasteiger partial charge in [-0.2, -0.15) is 0 Å². The number of carbonyl (C=O) groups is 1. The van der Waals surface area contributed by atoms with Crippen LogP contribution in [0.1, 0.15) is 0 Å². The van der Waals surface area contributed by atoms with Crippen LogP contribution in [0.3, 0.4) is 0 Å². The summed E-state index contributed by atoms with van der Waals surface area (Å²) in [5, 5.41) is 1.79. The molecule has 0 radical (unpaired) electrons. The number of amides is 1. The second-order valence-electron chi connectivity index (χ2n) is 5.60. The lowest BCUT2D eigenvalue weighted by atomic mass is 10.1. The number of morpholine rings is 1. The van der Waals surface area contributed by atoms with Gasteiger partial charge in [-0.25, -0.2) is 9.99 Å². The smallest absolute Gasteiger partial charge is 0.254 e. The molecule has 0 bridgehead atoms. The van der Waals surface area contributed by atoms with Crippen molar-refractivity contribution in [2.75, 3.05) is 33.4 Å². The fourth-order valence-corrected chi connectivity index (χ4v) is 2.51. The fourth-order valence-electron chi connectivity index (χ4n) is 2.51. The number of ether oxygens (including phenoxy) is 2. The van der Waals surface area contributed by atoms with Crippen LogP contribution in [-0.4, -0.2) is 53.9 Å². The quantitative estimate of drug-likeness (QED) is 0.839. The number of hydrazine groups is 1. The third-order valence-corrected chi connectivity index (χ3v) is 3.87. The molecule has 0 saturated carbocycles. The zero-order valence-electron chi connectivity index (χ0n) is 14.0. The van der Waals surface area contributed by atoms with Crippen molar-refractivity contribution in [2.45, 2.75) is 6.54 Å². The van der Waals surface area contributed by atoms with Crippen molar-refractivity contribution < 1.29 is 14.3 Å². The summed E-state index contributed by atoms with van der Waals surface area (Å²) in [5.41, 5.74) is 3.85. The highest BCUT2D eigenvalue weighted by Gasteiger charge is 2.14. The molecule has 8 nitrogen and oxygen atoms in total. The Morgan fingerprint density at radius 2 is 2.00 bits per heavy atom. The number of hydrogen-bond donors (Lipinski definition) is 1. The number of hydrogen-bond acceptors (Lipinski definition) is 6. The monoisotopic (exact) mass is 344 g/mol. The van der Waals surface area contributed by atoms with Crippen molar-refractivity contribution in [2.24, 2.45) is 0 Å². The van der Waals surface area contributed by atoms with Crippen LogP contribution in [0, 0.1) is 0 Å². The van der Waals surface area contributed by atoms with E-state index >= 15 is 0 Å². The highest BCUT2D eigenvalue weighted by Crippen LogP contribution is 2.19. The minimum atomic E-state index is -0.280. The largest absolute Gasteiger partial charge is 0.497 e. The maximum Gasteiger partial charge on any atom is 0.254 e. The van der Waals surface area contributed by atoms with Gasteiger partial charge in [-0.05, 0) is 24.3 Å². The molecule has 25 heavy (non-hydrogen) atoms. The van der Waals surface area contributed by atoms with E-state index in [1.165, 1.54) is 17.0 Å².